The monoisotopic (exact) mass is 253 g/mol. The summed E-state index contributed by atoms with van der Waals surface area (Å²) in [6, 6.07) is 7.07. The van der Waals surface area contributed by atoms with Gasteiger partial charge in [0.25, 0.3) is 11.1 Å². The van der Waals surface area contributed by atoms with Gasteiger partial charge in [0.15, 0.2) is 0 Å². The van der Waals surface area contributed by atoms with Crippen molar-refractivity contribution in [3.8, 4) is 0 Å². The van der Waals surface area contributed by atoms with Gasteiger partial charge in [-0.2, -0.15) is 0 Å². The Bertz CT molecular complexity index is 481. The Morgan fingerprint density at radius 3 is 2.38 bits per heavy atom. The Morgan fingerprint density at radius 2 is 1.88 bits per heavy atom. The van der Waals surface area contributed by atoms with Crippen LogP contribution in [0.1, 0.15) is 5.56 Å². The molecule has 0 aliphatic carbocycles. The molecule has 1 aliphatic rings. The topological polar surface area (TPSA) is 37.4 Å². The second-order valence-electron chi connectivity index (χ2n) is 3.29. The molecular weight excluding hydrogens is 246 g/mol. The molecule has 2 amide bonds. The molecule has 3 nitrogen and oxygen atoms in total. The lowest BCUT2D eigenvalue weighted by atomic mass is 10.2. The van der Waals surface area contributed by atoms with Crippen LogP contribution >= 0.6 is 23.4 Å². The number of benzene rings is 1. The van der Waals surface area contributed by atoms with E-state index in [1.165, 1.54) is 7.05 Å². The van der Waals surface area contributed by atoms with E-state index in [0.29, 0.717) is 9.93 Å². The summed E-state index contributed by atoms with van der Waals surface area (Å²) < 4.78 is 0. The molecule has 1 heterocycles. The second-order valence-corrected chi connectivity index (χ2v) is 4.72. The van der Waals surface area contributed by atoms with Crippen molar-refractivity contribution in [3.05, 3.63) is 39.8 Å². The maximum Gasteiger partial charge on any atom is 0.293 e. The van der Waals surface area contributed by atoms with Gasteiger partial charge in [0.1, 0.15) is 0 Å². The second kappa shape index (κ2) is 4.31. The van der Waals surface area contributed by atoms with Crippen LogP contribution in [0.15, 0.2) is 29.2 Å². The lowest BCUT2D eigenvalue weighted by Crippen LogP contribution is -2.22. The molecule has 0 radical (unpaired) electrons. The third-order valence-corrected chi connectivity index (χ3v) is 3.37. The highest BCUT2D eigenvalue weighted by Gasteiger charge is 2.31. The molecule has 0 unspecified atom stereocenters. The van der Waals surface area contributed by atoms with E-state index >= 15 is 0 Å². The predicted molar refractivity (Wildman–Crippen MR) is 65.2 cm³/mol. The first-order valence-corrected chi connectivity index (χ1v) is 5.74. The SMILES string of the molecule is CN1C(=O)S/C(=C\c2ccc(Cl)cc2)C1=O. The minimum absolute atomic E-state index is 0.245. The zero-order valence-electron chi connectivity index (χ0n) is 8.44. The van der Waals surface area contributed by atoms with E-state index in [0.717, 1.165) is 22.2 Å². The maximum atomic E-state index is 11.6. The lowest BCUT2D eigenvalue weighted by molar-refractivity contribution is -0.121. The summed E-state index contributed by atoms with van der Waals surface area (Å²) in [5, 5.41) is 0.394. The zero-order valence-corrected chi connectivity index (χ0v) is 10.0. The average Bonchev–Trinajstić information content (AvgIpc) is 2.50. The van der Waals surface area contributed by atoms with Gasteiger partial charge in [-0.3, -0.25) is 14.5 Å². The first-order valence-electron chi connectivity index (χ1n) is 4.55. The van der Waals surface area contributed by atoms with Gasteiger partial charge in [0.2, 0.25) is 0 Å². The van der Waals surface area contributed by atoms with E-state index in [1.807, 2.05) is 0 Å². The van der Waals surface area contributed by atoms with E-state index in [2.05, 4.69) is 0 Å². The van der Waals surface area contributed by atoms with Crippen molar-refractivity contribution in [2.24, 2.45) is 0 Å². The quantitative estimate of drug-likeness (QED) is 0.722. The number of hydrogen-bond acceptors (Lipinski definition) is 3. The van der Waals surface area contributed by atoms with E-state index in [4.69, 9.17) is 11.6 Å². The number of thioether (sulfide) groups is 1. The van der Waals surface area contributed by atoms with Crippen LogP contribution in [-0.2, 0) is 4.79 Å². The van der Waals surface area contributed by atoms with E-state index in [9.17, 15) is 9.59 Å². The van der Waals surface area contributed by atoms with Crippen molar-refractivity contribution >= 4 is 40.6 Å². The highest BCUT2D eigenvalue weighted by molar-refractivity contribution is 8.18. The van der Waals surface area contributed by atoms with Crippen LogP contribution in [-0.4, -0.2) is 23.1 Å². The molecular formula is C11H8ClNO2S. The average molecular weight is 254 g/mol. The Balaban J connectivity index is 2.29. The molecule has 0 atom stereocenters. The predicted octanol–water partition coefficient (Wildman–Crippen LogP) is 3.01. The molecule has 2 rings (SSSR count). The minimum atomic E-state index is -0.259. The summed E-state index contributed by atoms with van der Waals surface area (Å²) in [5.41, 5.74) is 0.850. The lowest BCUT2D eigenvalue weighted by Gasteiger charge is -2.00. The highest BCUT2D eigenvalue weighted by Crippen LogP contribution is 2.30. The summed E-state index contributed by atoms with van der Waals surface area (Å²) >= 11 is 6.69. The van der Waals surface area contributed by atoms with Crippen molar-refractivity contribution in [3.63, 3.8) is 0 Å². The smallest absolute Gasteiger partial charge is 0.272 e. The van der Waals surface area contributed by atoms with Gasteiger partial charge in [-0.15, -0.1) is 0 Å². The van der Waals surface area contributed by atoms with Crippen LogP contribution in [0.4, 0.5) is 4.79 Å². The number of nitrogens with zero attached hydrogens (tertiary/aromatic N) is 1. The molecule has 0 spiro atoms. The molecule has 1 aliphatic heterocycles. The van der Waals surface area contributed by atoms with Gasteiger partial charge in [-0.05, 0) is 35.5 Å². The summed E-state index contributed by atoms with van der Waals surface area (Å²) in [6.45, 7) is 0. The number of hydrogen-bond donors (Lipinski definition) is 0. The van der Waals surface area contributed by atoms with Gasteiger partial charge in [-0.1, -0.05) is 23.7 Å². The minimum Gasteiger partial charge on any atom is -0.272 e. The Hall–Kier alpha value is -1.26. The largest absolute Gasteiger partial charge is 0.293 e. The maximum absolute atomic E-state index is 11.6. The molecule has 16 heavy (non-hydrogen) atoms. The van der Waals surface area contributed by atoms with Crippen LogP contribution in [0, 0.1) is 0 Å². The van der Waals surface area contributed by atoms with Crippen LogP contribution in [0.2, 0.25) is 5.02 Å². The van der Waals surface area contributed by atoms with Crippen LogP contribution < -0.4 is 0 Å². The summed E-state index contributed by atoms with van der Waals surface area (Å²) in [5.74, 6) is -0.259. The van der Waals surface area contributed by atoms with Crippen LogP contribution in [0.3, 0.4) is 0 Å². The number of carbonyl (C=O) groups excluding carboxylic acids is 2. The summed E-state index contributed by atoms with van der Waals surface area (Å²) in [4.78, 5) is 24.4. The fourth-order valence-corrected chi connectivity index (χ4v) is 2.21. The molecule has 5 heteroatoms. The fourth-order valence-electron chi connectivity index (χ4n) is 1.26. The van der Waals surface area contributed by atoms with Gasteiger partial charge in [-0.25, -0.2) is 0 Å². The van der Waals surface area contributed by atoms with Gasteiger partial charge in [0, 0.05) is 12.1 Å². The number of carbonyl (C=O) groups is 2. The summed E-state index contributed by atoms with van der Waals surface area (Å²) in [7, 11) is 1.47. The van der Waals surface area contributed by atoms with Crippen molar-refractivity contribution in [2.75, 3.05) is 7.05 Å². The van der Waals surface area contributed by atoms with Crippen molar-refractivity contribution in [1.82, 2.24) is 4.90 Å². The Labute approximate surface area is 102 Å². The summed E-state index contributed by atoms with van der Waals surface area (Å²) in [6.07, 6.45) is 1.69. The molecule has 1 fully saturated rings. The fraction of sp³-hybridized carbons (Fsp3) is 0.0909. The molecule has 1 aromatic rings. The number of amides is 2. The van der Waals surface area contributed by atoms with E-state index < -0.39 is 0 Å². The van der Waals surface area contributed by atoms with Gasteiger partial charge in [0.05, 0.1) is 4.91 Å². The third-order valence-electron chi connectivity index (χ3n) is 2.15. The molecule has 1 saturated heterocycles. The molecule has 82 valence electrons. The molecule has 0 aromatic heterocycles. The Morgan fingerprint density at radius 1 is 1.25 bits per heavy atom. The first-order chi connectivity index (χ1) is 7.58. The van der Waals surface area contributed by atoms with Crippen molar-refractivity contribution in [2.45, 2.75) is 0 Å². The van der Waals surface area contributed by atoms with Crippen LogP contribution in [0.25, 0.3) is 6.08 Å². The number of halogens is 1. The van der Waals surface area contributed by atoms with E-state index in [1.54, 1.807) is 30.3 Å². The third kappa shape index (κ3) is 2.13. The van der Waals surface area contributed by atoms with Gasteiger partial charge >= 0.3 is 0 Å². The molecule has 0 N–H and O–H groups in total. The molecule has 0 bridgehead atoms. The van der Waals surface area contributed by atoms with Crippen molar-refractivity contribution < 1.29 is 9.59 Å². The van der Waals surface area contributed by atoms with Crippen LogP contribution in [0.5, 0.6) is 0 Å². The van der Waals surface area contributed by atoms with Crippen molar-refractivity contribution in [1.29, 1.82) is 0 Å². The highest BCUT2D eigenvalue weighted by atomic mass is 35.5. The normalized spacial score (nSPS) is 18.6. The standard InChI is InChI=1S/C11H8ClNO2S/c1-13-10(14)9(16-11(13)15)6-7-2-4-8(12)5-3-7/h2-6H,1H3/b9-6-. The molecule has 1 aromatic carbocycles. The zero-order chi connectivity index (χ0) is 11.7. The number of likely N-dealkylation sites (N-methyl/N-ethyl adjacent to an activating group) is 1. The number of rotatable bonds is 1. The Kier molecular flexibility index (Phi) is 3.03. The first kappa shape index (κ1) is 11.2. The molecule has 0 saturated carbocycles. The number of imide groups is 1. The van der Waals surface area contributed by atoms with E-state index in [-0.39, 0.29) is 11.1 Å². The van der Waals surface area contributed by atoms with Gasteiger partial charge < -0.3 is 0 Å².